The van der Waals surface area contributed by atoms with Crippen LogP contribution in [0.3, 0.4) is 0 Å². The molecule has 1 aliphatic heterocycles. The van der Waals surface area contributed by atoms with E-state index < -0.39 is 5.82 Å². The van der Waals surface area contributed by atoms with E-state index in [0.717, 1.165) is 0 Å². The summed E-state index contributed by atoms with van der Waals surface area (Å²) in [5.74, 6) is 0.295. The van der Waals surface area contributed by atoms with Crippen LogP contribution in [-0.2, 0) is 4.84 Å². The molecule has 0 radical (unpaired) electrons. The Kier molecular flexibility index (Phi) is 5.40. The van der Waals surface area contributed by atoms with Crippen molar-refractivity contribution in [1.82, 2.24) is 5.06 Å². The normalized spacial score (nSPS) is 18.0. The van der Waals surface area contributed by atoms with E-state index in [1.807, 2.05) is 0 Å². The Morgan fingerprint density at radius 3 is 2.82 bits per heavy atom. The van der Waals surface area contributed by atoms with E-state index in [1.54, 1.807) is 6.92 Å². The number of benzene rings is 1. The number of hydrogen-bond acceptors (Lipinski definition) is 7. The summed E-state index contributed by atoms with van der Waals surface area (Å²) < 4.78 is 18.3. The van der Waals surface area contributed by atoms with Crippen molar-refractivity contribution < 1.29 is 14.0 Å². The summed E-state index contributed by atoms with van der Waals surface area (Å²) in [7, 11) is 0. The minimum atomic E-state index is -0.408. The topological polar surface area (TPSA) is 98.5 Å². The molecule has 7 nitrogen and oxygen atoms in total. The maximum absolute atomic E-state index is 12.9. The lowest BCUT2D eigenvalue weighted by Gasteiger charge is -2.28. The number of rotatable bonds is 6. The summed E-state index contributed by atoms with van der Waals surface area (Å²) >= 11 is 5.85. The number of halogens is 2. The number of hydrogen-bond donors (Lipinski definition) is 2. The van der Waals surface area contributed by atoms with E-state index in [9.17, 15) is 4.39 Å². The molecule has 0 aliphatic carbocycles. The van der Waals surface area contributed by atoms with Crippen LogP contribution in [0.2, 0.25) is 5.02 Å². The number of nitrogens with zero attached hydrogens (tertiary/aromatic N) is 3. The molecule has 120 valence electrons. The van der Waals surface area contributed by atoms with Gasteiger partial charge in [-0.25, -0.2) is 9.38 Å². The van der Waals surface area contributed by atoms with Crippen molar-refractivity contribution >= 4 is 23.5 Å². The van der Waals surface area contributed by atoms with E-state index in [4.69, 9.17) is 32.6 Å². The summed E-state index contributed by atoms with van der Waals surface area (Å²) in [6.45, 7) is 2.48. The molecule has 0 saturated carbocycles. The lowest BCUT2D eigenvalue weighted by molar-refractivity contribution is -0.126. The van der Waals surface area contributed by atoms with Crippen LogP contribution in [0.5, 0.6) is 5.75 Å². The molecule has 0 spiro atoms. The molecule has 1 aliphatic rings. The number of hydroxylamine groups is 2. The standard InChI is InChI=1S/C13H17ClFN5O2/c1-8-18-12(16)19-13(17)20(8)22-6-2-5-21-11-4-3-9(15)7-10(11)14/h3-4,7-8H,2,5-6H2,1H3,(H4,16,17,18,19). The van der Waals surface area contributed by atoms with Crippen LogP contribution in [0.15, 0.2) is 28.2 Å². The summed E-state index contributed by atoms with van der Waals surface area (Å²) in [5, 5.41) is 1.60. The molecule has 0 fully saturated rings. The van der Waals surface area contributed by atoms with Gasteiger partial charge in [-0.1, -0.05) is 11.6 Å². The van der Waals surface area contributed by atoms with Crippen molar-refractivity contribution in [2.75, 3.05) is 13.2 Å². The average Bonchev–Trinajstić information content (AvgIpc) is 2.42. The number of ether oxygens (including phenoxy) is 1. The molecule has 1 aromatic rings. The Morgan fingerprint density at radius 1 is 1.36 bits per heavy atom. The van der Waals surface area contributed by atoms with Crippen LogP contribution in [0, 0.1) is 5.82 Å². The van der Waals surface area contributed by atoms with Crippen molar-refractivity contribution in [3.8, 4) is 5.75 Å². The Morgan fingerprint density at radius 2 is 2.14 bits per heavy atom. The van der Waals surface area contributed by atoms with Gasteiger partial charge in [-0.2, -0.15) is 10.1 Å². The van der Waals surface area contributed by atoms with E-state index in [2.05, 4.69) is 9.98 Å². The predicted molar refractivity (Wildman–Crippen MR) is 82.0 cm³/mol. The van der Waals surface area contributed by atoms with Gasteiger partial charge in [0, 0.05) is 6.42 Å². The van der Waals surface area contributed by atoms with Crippen molar-refractivity contribution in [2.45, 2.75) is 19.5 Å². The van der Waals surface area contributed by atoms with Gasteiger partial charge in [0.25, 0.3) is 0 Å². The monoisotopic (exact) mass is 329 g/mol. The lowest BCUT2D eigenvalue weighted by Crippen LogP contribution is -2.47. The van der Waals surface area contributed by atoms with Gasteiger partial charge in [0.2, 0.25) is 11.9 Å². The third kappa shape index (κ3) is 4.22. The van der Waals surface area contributed by atoms with E-state index in [1.165, 1.54) is 23.3 Å². The fourth-order valence-corrected chi connectivity index (χ4v) is 2.02. The minimum Gasteiger partial charge on any atom is -0.492 e. The van der Waals surface area contributed by atoms with Gasteiger partial charge in [0.15, 0.2) is 0 Å². The zero-order valence-electron chi connectivity index (χ0n) is 12.0. The first-order valence-corrected chi connectivity index (χ1v) is 7.02. The first kappa shape index (κ1) is 16.3. The Labute approximate surface area is 132 Å². The van der Waals surface area contributed by atoms with Crippen LogP contribution in [-0.4, -0.2) is 36.4 Å². The smallest absolute Gasteiger partial charge is 0.225 e. The molecule has 0 bridgehead atoms. The van der Waals surface area contributed by atoms with Crippen molar-refractivity contribution in [3.63, 3.8) is 0 Å². The third-order valence-electron chi connectivity index (χ3n) is 2.78. The minimum absolute atomic E-state index is 0.124. The summed E-state index contributed by atoms with van der Waals surface area (Å²) in [5.41, 5.74) is 11.2. The highest BCUT2D eigenvalue weighted by Gasteiger charge is 2.21. The molecule has 0 aromatic heterocycles. The molecule has 0 amide bonds. The second-order valence-corrected chi connectivity index (χ2v) is 4.93. The zero-order chi connectivity index (χ0) is 16.1. The molecule has 1 heterocycles. The van der Waals surface area contributed by atoms with Gasteiger partial charge in [0.05, 0.1) is 18.2 Å². The number of nitrogens with two attached hydrogens (primary N) is 2. The maximum Gasteiger partial charge on any atom is 0.225 e. The van der Waals surface area contributed by atoms with Crippen LogP contribution >= 0.6 is 11.6 Å². The summed E-state index contributed by atoms with van der Waals surface area (Å²) in [6, 6.07) is 3.96. The SMILES string of the molecule is CC1N=C(N)N=C(N)N1OCCCOc1ccc(F)cc1Cl. The second-order valence-electron chi connectivity index (χ2n) is 4.52. The Bertz CT molecular complexity index is 596. The second kappa shape index (κ2) is 7.28. The number of aliphatic imine (C=N–C) groups is 2. The molecule has 9 heteroatoms. The fraction of sp³-hybridized carbons (Fsp3) is 0.385. The molecule has 1 unspecified atom stereocenters. The van der Waals surface area contributed by atoms with Crippen molar-refractivity contribution in [1.29, 1.82) is 0 Å². The van der Waals surface area contributed by atoms with Gasteiger partial charge in [-0.3, -0.25) is 4.84 Å². The molecule has 0 saturated heterocycles. The van der Waals surface area contributed by atoms with Crippen molar-refractivity contribution in [3.05, 3.63) is 29.0 Å². The van der Waals surface area contributed by atoms with Gasteiger partial charge in [0.1, 0.15) is 17.7 Å². The predicted octanol–water partition coefficient (Wildman–Crippen LogP) is 1.47. The lowest BCUT2D eigenvalue weighted by atomic mass is 10.3. The van der Waals surface area contributed by atoms with Crippen LogP contribution in [0.4, 0.5) is 4.39 Å². The Hall–Kier alpha value is -2.06. The van der Waals surface area contributed by atoms with Crippen LogP contribution in [0.25, 0.3) is 0 Å². The number of guanidine groups is 2. The summed E-state index contributed by atoms with van der Waals surface area (Å²) in [4.78, 5) is 13.3. The third-order valence-corrected chi connectivity index (χ3v) is 3.08. The quantitative estimate of drug-likeness (QED) is 0.770. The fourth-order valence-electron chi connectivity index (χ4n) is 1.80. The van der Waals surface area contributed by atoms with Gasteiger partial charge < -0.3 is 16.2 Å². The Balaban J connectivity index is 1.73. The maximum atomic E-state index is 12.9. The van der Waals surface area contributed by atoms with E-state index in [0.29, 0.717) is 25.4 Å². The largest absolute Gasteiger partial charge is 0.492 e. The first-order valence-electron chi connectivity index (χ1n) is 6.65. The molecular weight excluding hydrogens is 313 g/mol. The first-order chi connectivity index (χ1) is 10.5. The van der Waals surface area contributed by atoms with E-state index >= 15 is 0 Å². The highest BCUT2D eigenvalue weighted by atomic mass is 35.5. The zero-order valence-corrected chi connectivity index (χ0v) is 12.8. The molecule has 4 N–H and O–H groups in total. The van der Waals surface area contributed by atoms with Crippen LogP contribution in [0.1, 0.15) is 13.3 Å². The van der Waals surface area contributed by atoms with Crippen molar-refractivity contribution in [2.24, 2.45) is 21.5 Å². The highest BCUT2D eigenvalue weighted by molar-refractivity contribution is 6.32. The highest BCUT2D eigenvalue weighted by Crippen LogP contribution is 2.24. The molecule has 2 rings (SSSR count). The van der Waals surface area contributed by atoms with Crippen LogP contribution < -0.4 is 16.2 Å². The molecular formula is C13H17ClFN5O2. The average molecular weight is 330 g/mol. The van der Waals surface area contributed by atoms with Gasteiger partial charge in [-0.05, 0) is 25.1 Å². The van der Waals surface area contributed by atoms with E-state index in [-0.39, 0.29) is 23.1 Å². The molecule has 22 heavy (non-hydrogen) atoms. The molecule has 1 atom stereocenters. The molecule has 1 aromatic carbocycles. The van der Waals surface area contributed by atoms with Gasteiger partial charge >= 0.3 is 0 Å². The van der Waals surface area contributed by atoms with Gasteiger partial charge in [-0.15, -0.1) is 0 Å². The summed E-state index contributed by atoms with van der Waals surface area (Å²) in [6.07, 6.45) is 0.230.